The third-order valence-electron chi connectivity index (χ3n) is 8.43. The van der Waals surface area contributed by atoms with E-state index in [1.165, 1.54) is 30.5 Å². The van der Waals surface area contributed by atoms with Crippen LogP contribution in [0.1, 0.15) is 81.8 Å². The summed E-state index contributed by atoms with van der Waals surface area (Å²) in [6, 6.07) is 9.27. The van der Waals surface area contributed by atoms with Gasteiger partial charge in [0, 0.05) is 62.1 Å². The Morgan fingerprint density at radius 1 is 1.17 bits per heavy atom. The van der Waals surface area contributed by atoms with Crippen LogP contribution in [0.25, 0.3) is 5.65 Å². The van der Waals surface area contributed by atoms with Crippen molar-refractivity contribution >= 4 is 11.3 Å². The minimum absolute atomic E-state index is 0.0743. The Hall–Kier alpha value is -3.18. The van der Waals surface area contributed by atoms with Crippen molar-refractivity contribution in [3.05, 3.63) is 57.9 Å². The molecule has 0 radical (unpaired) electrons. The zero-order valence-corrected chi connectivity index (χ0v) is 21.9. The van der Waals surface area contributed by atoms with Gasteiger partial charge in [-0.3, -0.25) is 14.7 Å². The molecule has 0 spiro atoms. The second-order valence-corrected chi connectivity index (χ2v) is 10.4. The molecule has 8 nitrogen and oxygen atoms in total. The molecule has 1 saturated carbocycles. The third-order valence-corrected chi connectivity index (χ3v) is 8.43. The highest BCUT2D eigenvalue weighted by atomic mass is 16.1. The van der Waals surface area contributed by atoms with Gasteiger partial charge in [0.2, 0.25) is 0 Å². The smallest absolute Gasteiger partial charge is 0.267 e. The largest absolute Gasteiger partial charge is 0.362 e. The Labute approximate surface area is 213 Å². The number of nitrogens with zero attached hydrogens (tertiary/aromatic N) is 7. The first-order valence-electron chi connectivity index (χ1n) is 13.4. The Morgan fingerprint density at radius 2 is 1.94 bits per heavy atom. The zero-order valence-electron chi connectivity index (χ0n) is 21.9. The lowest BCUT2D eigenvalue weighted by Crippen LogP contribution is -2.59. The first-order chi connectivity index (χ1) is 17.4. The molecule has 190 valence electrons. The third kappa shape index (κ3) is 4.30. The second-order valence-electron chi connectivity index (χ2n) is 10.4. The average molecular weight is 488 g/mol. The molecule has 1 saturated heterocycles. The topological polar surface area (TPSA) is 82.5 Å². The van der Waals surface area contributed by atoms with Crippen LogP contribution in [0.4, 0.5) is 5.69 Å². The Balaban J connectivity index is 1.45. The van der Waals surface area contributed by atoms with Crippen molar-refractivity contribution in [2.45, 2.75) is 83.3 Å². The first-order valence-corrected chi connectivity index (χ1v) is 13.4. The fourth-order valence-electron chi connectivity index (χ4n) is 5.84. The van der Waals surface area contributed by atoms with Gasteiger partial charge in [-0.2, -0.15) is 5.26 Å². The van der Waals surface area contributed by atoms with Gasteiger partial charge >= 0.3 is 0 Å². The highest BCUT2D eigenvalue weighted by Gasteiger charge is 2.36. The molecular weight excluding hydrogens is 450 g/mol. The molecule has 0 bridgehead atoms. The molecule has 0 amide bonds. The number of fused-ring (bicyclic) bond motifs is 1. The maximum Gasteiger partial charge on any atom is 0.267 e. The SMILES string of the molecule is CC[C@H]1CN(C(C)c2ccc(C3CCC3)nc2)[C@H](CC)CN1c1cc(=O)n(C)n2cc(CC#N)nc12. The number of aryl methyl sites for hydroxylation is 1. The minimum atomic E-state index is -0.0743. The Kier molecular flexibility index (Phi) is 6.85. The fourth-order valence-corrected chi connectivity index (χ4v) is 5.84. The summed E-state index contributed by atoms with van der Waals surface area (Å²) >= 11 is 0. The summed E-state index contributed by atoms with van der Waals surface area (Å²) in [6.07, 6.45) is 9.96. The van der Waals surface area contributed by atoms with E-state index in [0.717, 1.165) is 37.3 Å². The normalized spacial score (nSPS) is 21.9. The van der Waals surface area contributed by atoms with Gasteiger partial charge in [0.25, 0.3) is 5.56 Å². The summed E-state index contributed by atoms with van der Waals surface area (Å²) < 4.78 is 3.35. The number of aromatic nitrogens is 4. The van der Waals surface area contributed by atoms with E-state index in [4.69, 9.17) is 9.97 Å². The van der Waals surface area contributed by atoms with Crippen LogP contribution in [-0.2, 0) is 13.5 Å². The molecule has 3 atom stereocenters. The number of anilines is 1. The van der Waals surface area contributed by atoms with Crippen molar-refractivity contribution in [1.29, 1.82) is 5.26 Å². The van der Waals surface area contributed by atoms with E-state index in [-0.39, 0.29) is 24.1 Å². The first kappa shape index (κ1) is 24.5. The van der Waals surface area contributed by atoms with Crippen LogP contribution in [0.5, 0.6) is 0 Å². The standard InChI is InChI=1S/C28H37N7O/c1-5-23-18-34(26-14-27(36)32(4)35-16-22(12-13-29)31-28(26)35)24(6-2)17-33(23)19(3)21-10-11-25(30-15-21)20-8-7-9-20/h10-11,14-16,19-20,23-24H,5-9,12,17-18H2,1-4H3/t19?,23-,24+/m1/s1. The van der Waals surface area contributed by atoms with Crippen molar-refractivity contribution in [3.63, 3.8) is 0 Å². The van der Waals surface area contributed by atoms with Gasteiger partial charge in [0.05, 0.1) is 30.1 Å². The van der Waals surface area contributed by atoms with Crippen molar-refractivity contribution < 1.29 is 0 Å². The molecule has 0 aromatic carbocycles. The van der Waals surface area contributed by atoms with Crippen molar-refractivity contribution in [1.82, 2.24) is 24.1 Å². The van der Waals surface area contributed by atoms with E-state index in [2.05, 4.69) is 55.0 Å². The van der Waals surface area contributed by atoms with E-state index >= 15 is 0 Å². The van der Waals surface area contributed by atoms with Crippen molar-refractivity contribution in [2.24, 2.45) is 7.05 Å². The lowest BCUT2D eigenvalue weighted by molar-refractivity contribution is 0.101. The molecule has 0 N–H and O–H groups in total. The van der Waals surface area contributed by atoms with Gasteiger partial charge < -0.3 is 4.90 Å². The molecule has 8 heteroatoms. The Morgan fingerprint density at radius 3 is 2.56 bits per heavy atom. The van der Waals surface area contributed by atoms with Crippen LogP contribution in [0.15, 0.2) is 35.4 Å². The number of imidazole rings is 1. The van der Waals surface area contributed by atoms with Crippen LogP contribution < -0.4 is 10.5 Å². The van der Waals surface area contributed by atoms with Crippen LogP contribution in [0.3, 0.4) is 0 Å². The van der Waals surface area contributed by atoms with E-state index in [1.807, 2.05) is 0 Å². The van der Waals surface area contributed by atoms with E-state index in [1.54, 1.807) is 28.5 Å². The molecule has 3 aromatic heterocycles. The van der Waals surface area contributed by atoms with Gasteiger partial charge in [0.15, 0.2) is 5.65 Å². The number of piperazine rings is 1. The molecule has 3 aromatic rings. The van der Waals surface area contributed by atoms with Crippen molar-refractivity contribution in [3.8, 4) is 6.07 Å². The fraction of sp³-hybridized carbons (Fsp3) is 0.571. The second kappa shape index (κ2) is 10.1. The average Bonchev–Trinajstić information content (AvgIpc) is 3.29. The summed E-state index contributed by atoms with van der Waals surface area (Å²) in [6.45, 7) is 8.49. The number of rotatable bonds is 7. The Bertz CT molecular complexity index is 1310. The molecule has 1 aliphatic carbocycles. The van der Waals surface area contributed by atoms with E-state index in [0.29, 0.717) is 17.7 Å². The van der Waals surface area contributed by atoms with Crippen molar-refractivity contribution in [2.75, 3.05) is 18.0 Å². The highest BCUT2D eigenvalue weighted by Crippen LogP contribution is 2.37. The number of nitriles is 1. The lowest BCUT2D eigenvalue weighted by atomic mass is 9.82. The molecule has 2 fully saturated rings. The maximum absolute atomic E-state index is 12.9. The molecule has 2 aliphatic rings. The monoisotopic (exact) mass is 487 g/mol. The van der Waals surface area contributed by atoms with Crippen LogP contribution >= 0.6 is 0 Å². The van der Waals surface area contributed by atoms with Gasteiger partial charge in [-0.1, -0.05) is 26.3 Å². The quantitative estimate of drug-likeness (QED) is 0.497. The van der Waals surface area contributed by atoms with Crippen LogP contribution in [0.2, 0.25) is 0 Å². The summed E-state index contributed by atoms with van der Waals surface area (Å²) in [4.78, 5) is 27.5. The maximum atomic E-state index is 12.9. The van der Waals surface area contributed by atoms with E-state index in [9.17, 15) is 10.1 Å². The lowest BCUT2D eigenvalue weighted by Gasteiger charge is -2.49. The highest BCUT2D eigenvalue weighted by molar-refractivity contribution is 5.69. The molecule has 1 unspecified atom stereocenters. The van der Waals surface area contributed by atoms with Gasteiger partial charge in [-0.15, -0.1) is 0 Å². The number of hydrogen-bond acceptors (Lipinski definition) is 6. The predicted molar refractivity (Wildman–Crippen MR) is 141 cm³/mol. The van der Waals surface area contributed by atoms with Gasteiger partial charge in [-0.25, -0.2) is 14.2 Å². The van der Waals surface area contributed by atoms with E-state index < -0.39 is 0 Å². The van der Waals surface area contributed by atoms with Crippen LogP contribution in [0, 0.1) is 11.3 Å². The minimum Gasteiger partial charge on any atom is -0.362 e. The van der Waals surface area contributed by atoms with Gasteiger partial charge in [-0.05, 0) is 44.2 Å². The molecule has 1 aliphatic heterocycles. The predicted octanol–water partition coefficient (Wildman–Crippen LogP) is 4.20. The molecule has 4 heterocycles. The summed E-state index contributed by atoms with van der Waals surface area (Å²) in [7, 11) is 1.74. The van der Waals surface area contributed by atoms with Gasteiger partial charge in [0.1, 0.15) is 0 Å². The number of pyridine rings is 1. The summed E-state index contributed by atoms with van der Waals surface area (Å²) in [5.41, 5.74) is 4.73. The summed E-state index contributed by atoms with van der Waals surface area (Å²) in [5.74, 6) is 0.650. The summed E-state index contributed by atoms with van der Waals surface area (Å²) in [5, 5.41) is 9.18. The molecule has 5 rings (SSSR count). The van der Waals surface area contributed by atoms with Crippen LogP contribution in [-0.4, -0.2) is 49.2 Å². The molecular formula is C28H37N7O. The molecule has 36 heavy (non-hydrogen) atoms. The zero-order chi connectivity index (χ0) is 25.4. The number of hydrogen-bond donors (Lipinski definition) is 0.